The maximum absolute atomic E-state index is 13.1. The van der Waals surface area contributed by atoms with Gasteiger partial charge in [0, 0.05) is 49.5 Å². The third-order valence-corrected chi connectivity index (χ3v) is 4.98. The molecule has 1 saturated heterocycles. The van der Waals surface area contributed by atoms with E-state index in [1.165, 1.54) is 17.9 Å². The number of rotatable bonds is 3. The first kappa shape index (κ1) is 17.5. The normalized spacial score (nSPS) is 15.6. The van der Waals surface area contributed by atoms with Crippen LogP contribution >= 0.6 is 0 Å². The van der Waals surface area contributed by atoms with Crippen molar-refractivity contribution < 1.29 is 13.6 Å². The number of alkyl halides is 2. The van der Waals surface area contributed by atoms with Gasteiger partial charge in [-0.15, -0.1) is 0 Å². The van der Waals surface area contributed by atoms with Gasteiger partial charge < -0.3 is 4.90 Å². The van der Waals surface area contributed by atoms with Gasteiger partial charge in [0.25, 0.3) is 12.3 Å². The predicted molar refractivity (Wildman–Crippen MR) is 95.6 cm³/mol. The van der Waals surface area contributed by atoms with Crippen molar-refractivity contribution in [3.63, 3.8) is 0 Å². The number of halogens is 2. The van der Waals surface area contributed by atoms with Crippen LogP contribution in [0, 0.1) is 0 Å². The Bertz CT molecular complexity index is 979. The molecule has 27 heavy (non-hydrogen) atoms. The highest BCUT2D eigenvalue weighted by molar-refractivity contribution is 5.95. The molecule has 3 aromatic heterocycles. The minimum atomic E-state index is -2.77. The van der Waals surface area contributed by atoms with Gasteiger partial charge in [-0.05, 0) is 37.1 Å². The van der Waals surface area contributed by atoms with Crippen molar-refractivity contribution in [2.24, 2.45) is 7.05 Å². The largest absolute Gasteiger partial charge is 0.338 e. The molecular formula is C19H19F2N5O. The van der Waals surface area contributed by atoms with Crippen LogP contribution in [0.4, 0.5) is 8.78 Å². The molecule has 0 unspecified atom stereocenters. The van der Waals surface area contributed by atoms with Crippen LogP contribution in [0.1, 0.15) is 46.9 Å². The Morgan fingerprint density at radius 1 is 1.22 bits per heavy atom. The van der Waals surface area contributed by atoms with Crippen LogP contribution in [0.25, 0.3) is 11.0 Å². The lowest BCUT2D eigenvalue weighted by molar-refractivity contribution is 0.0700. The fraction of sp³-hybridized carbons (Fsp3) is 0.368. The molecule has 0 radical (unpaired) electrons. The lowest BCUT2D eigenvalue weighted by Crippen LogP contribution is -2.38. The monoisotopic (exact) mass is 371 g/mol. The first-order valence-electron chi connectivity index (χ1n) is 8.85. The first-order valence-corrected chi connectivity index (χ1v) is 8.85. The molecule has 0 spiro atoms. The van der Waals surface area contributed by atoms with Crippen molar-refractivity contribution in [1.82, 2.24) is 24.6 Å². The van der Waals surface area contributed by atoms with Crippen LogP contribution < -0.4 is 0 Å². The molecule has 0 aliphatic carbocycles. The lowest BCUT2D eigenvalue weighted by atomic mass is 9.92. The van der Waals surface area contributed by atoms with Gasteiger partial charge in [0.05, 0.1) is 5.56 Å². The fourth-order valence-electron chi connectivity index (χ4n) is 3.58. The maximum Gasteiger partial charge on any atom is 0.282 e. The van der Waals surface area contributed by atoms with Gasteiger partial charge in [-0.1, -0.05) is 0 Å². The van der Waals surface area contributed by atoms with Crippen molar-refractivity contribution in [3.05, 3.63) is 53.6 Å². The van der Waals surface area contributed by atoms with E-state index in [2.05, 4.69) is 15.1 Å². The third kappa shape index (κ3) is 3.39. The molecule has 8 heteroatoms. The lowest BCUT2D eigenvalue weighted by Gasteiger charge is -2.31. The summed E-state index contributed by atoms with van der Waals surface area (Å²) < 4.78 is 27.5. The topological polar surface area (TPSA) is 63.9 Å². The molecule has 4 heterocycles. The SMILES string of the molecule is Cn1cc(C(=O)N2CCC(c3ccc4cccnc4n3)CC2)c(C(F)F)n1. The van der Waals surface area contributed by atoms with E-state index in [0.29, 0.717) is 18.7 Å². The number of nitrogens with zero attached hydrogens (tertiary/aromatic N) is 5. The molecular weight excluding hydrogens is 352 g/mol. The molecule has 4 rings (SSSR count). The minimum Gasteiger partial charge on any atom is -0.338 e. The summed E-state index contributed by atoms with van der Waals surface area (Å²) in [7, 11) is 1.54. The Balaban J connectivity index is 1.47. The molecule has 1 aliphatic rings. The van der Waals surface area contributed by atoms with Gasteiger partial charge in [0.2, 0.25) is 0 Å². The Kier molecular flexibility index (Phi) is 4.55. The predicted octanol–water partition coefficient (Wildman–Crippen LogP) is 3.32. The molecule has 1 fully saturated rings. The first-order chi connectivity index (χ1) is 13.0. The summed E-state index contributed by atoms with van der Waals surface area (Å²) in [6.45, 7) is 1.01. The number of aromatic nitrogens is 4. The standard InChI is InChI=1S/C19H19F2N5O/c1-25-11-14(16(24-25)17(20)21)19(27)26-9-6-12(7-10-26)15-5-4-13-3-2-8-22-18(13)23-15/h2-5,8,11-12,17H,6-7,9-10H2,1H3. The zero-order chi connectivity index (χ0) is 19.0. The van der Waals surface area contributed by atoms with E-state index in [-0.39, 0.29) is 17.4 Å². The van der Waals surface area contributed by atoms with Crippen molar-refractivity contribution in [2.75, 3.05) is 13.1 Å². The van der Waals surface area contributed by atoms with E-state index in [0.717, 1.165) is 23.9 Å². The fourth-order valence-corrected chi connectivity index (χ4v) is 3.58. The number of piperidine rings is 1. The second kappa shape index (κ2) is 7.02. The van der Waals surface area contributed by atoms with Gasteiger partial charge in [-0.3, -0.25) is 9.48 Å². The Morgan fingerprint density at radius 3 is 2.74 bits per heavy atom. The van der Waals surface area contributed by atoms with Gasteiger partial charge in [0.1, 0.15) is 5.69 Å². The average molecular weight is 371 g/mol. The average Bonchev–Trinajstić information content (AvgIpc) is 3.09. The number of pyridine rings is 2. The highest BCUT2D eigenvalue weighted by atomic mass is 19.3. The summed E-state index contributed by atoms with van der Waals surface area (Å²) >= 11 is 0. The number of amides is 1. The van der Waals surface area contributed by atoms with Crippen LogP contribution in [-0.2, 0) is 7.05 Å². The van der Waals surface area contributed by atoms with E-state index < -0.39 is 12.1 Å². The summed E-state index contributed by atoms with van der Waals surface area (Å²) in [5.74, 6) is -0.158. The van der Waals surface area contributed by atoms with Crippen molar-refractivity contribution in [1.29, 1.82) is 0 Å². The number of carbonyl (C=O) groups is 1. The molecule has 6 nitrogen and oxygen atoms in total. The Labute approximate surface area is 154 Å². The molecule has 0 atom stereocenters. The molecule has 0 N–H and O–H groups in total. The van der Waals surface area contributed by atoms with E-state index in [1.807, 2.05) is 24.3 Å². The Morgan fingerprint density at radius 2 is 2.00 bits per heavy atom. The van der Waals surface area contributed by atoms with Gasteiger partial charge in [-0.25, -0.2) is 18.7 Å². The molecule has 1 aliphatic heterocycles. The molecule has 0 bridgehead atoms. The smallest absolute Gasteiger partial charge is 0.282 e. The zero-order valence-electron chi connectivity index (χ0n) is 14.8. The van der Waals surface area contributed by atoms with Crippen LogP contribution in [-0.4, -0.2) is 43.6 Å². The van der Waals surface area contributed by atoms with Crippen molar-refractivity contribution >= 4 is 16.9 Å². The number of hydrogen-bond acceptors (Lipinski definition) is 4. The number of likely N-dealkylation sites (tertiary alicyclic amines) is 1. The molecule has 1 amide bonds. The third-order valence-electron chi connectivity index (χ3n) is 4.98. The number of hydrogen-bond donors (Lipinski definition) is 0. The van der Waals surface area contributed by atoms with E-state index in [9.17, 15) is 13.6 Å². The zero-order valence-corrected chi connectivity index (χ0v) is 14.8. The summed E-state index contributed by atoms with van der Waals surface area (Å²) in [5, 5.41) is 4.71. The van der Waals surface area contributed by atoms with Gasteiger partial charge in [0.15, 0.2) is 5.65 Å². The minimum absolute atomic E-state index is 0.0148. The number of fused-ring (bicyclic) bond motifs is 1. The van der Waals surface area contributed by atoms with Crippen LogP contribution in [0.5, 0.6) is 0 Å². The second-order valence-corrected chi connectivity index (χ2v) is 6.76. The summed E-state index contributed by atoms with van der Waals surface area (Å²) in [6, 6.07) is 7.85. The summed E-state index contributed by atoms with van der Waals surface area (Å²) in [4.78, 5) is 23.2. The highest BCUT2D eigenvalue weighted by Gasteiger charge is 2.30. The van der Waals surface area contributed by atoms with Crippen molar-refractivity contribution in [2.45, 2.75) is 25.2 Å². The highest BCUT2D eigenvalue weighted by Crippen LogP contribution is 2.29. The van der Waals surface area contributed by atoms with Gasteiger partial charge in [-0.2, -0.15) is 5.10 Å². The molecule has 3 aromatic rings. The summed E-state index contributed by atoms with van der Waals surface area (Å²) in [5.41, 5.74) is 1.21. The van der Waals surface area contributed by atoms with Crippen LogP contribution in [0.2, 0.25) is 0 Å². The molecule has 140 valence electrons. The summed E-state index contributed by atoms with van der Waals surface area (Å²) in [6.07, 6.45) is 1.79. The molecule has 0 saturated carbocycles. The second-order valence-electron chi connectivity index (χ2n) is 6.76. The van der Waals surface area contributed by atoms with Crippen molar-refractivity contribution in [3.8, 4) is 0 Å². The van der Waals surface area contributed by atoms with E-state index >= 15 is 0 Å². The Hall–Kier alpha value is -2.90. The maximum atomic E-state index is 13.1. The number of aryl methyl sites for hydroxylation is 1. The van der Waals surface area contributed by atoms with E-state index in [1.54, 1.807) is 11.1 Å². The van der Waals surface area contributed by atoms with Crippen LogP contribution in [0.3, 0.4) is 0 Å². The van der Waals surface area contributed by atoms with E-state index in [4.69, 9.17) is 0 Å². The quantitative estimate of drug-likeness (QED) is 0.709. The van der Waals surface area contributed by atoms with Gasteiger partial charge >= 0.3 is 0 Å². The molecule has 0 aromatic carbocycles. The van der Waals surface area contributed by atoms with Crippen LogP contribution in [0.15, 0.2) is 36.7 Å². The number of carbonyl (C=O) groups excluding carboxylic acids is 1.